The molecule has 0 aliphatic heterocycles. The molecule has 0 amide bonds. The maximum Gasteiger partial charge on any atom is 0.00792 e. The summed E-state index contributed by atoms with van der Waals surface area (Å²) in [6.07, 6.45) is 8.12. The molecular weight excluding hydrogens is 184 g/mol. The van der Waals surface area contributed by atoms with Gasteiger partial charge in [0.2, 0.25) is 0 Å². The first-order valence-corrected chi connectivity index (χ1v) is 5.35. The molecule has 0 aromatic carbocycles. The first kappa shape index (κ1) is 11.3. The largest absolute Gasteiger partial charge is 0.327 e. The van der Waals surface area contributed by atoms with E-state index in [4.69, 9.17) is 5.73 Å². The van der Waals surface area contributed by atoms with Gasteiger partial charge in [-0.25, -0.2) is 0 Å². The molecule has 78 valence electrons. The molecule has 0 radical (unpaired) electrons. The Labute approximate surface area is 87.1 Å². The van der Waals surface area contributed by atoms with Crippen molar-refractivity contribution in [3.05, 3.63) is 0 Å². The Balaban J connectivity index is 0.000000845. The number of halogens is 1. The molecule has 2 unspecified atom stereocenters. The normalized spacial score (nSPS) is 33.9. The van der Waals surface area contributed by atoms with E-state index in [0.717, 1.165) is 12.0 Å². The highest BCUT2D eigenvalue weighted by molar-refractivity contribution is 5.85. The number of hydrogen-bond donors (Lipinski definition) is 2. The molecule has 0 aromatic heterocycles. The van der Waals surface area contributed by atoms with Gasteiger partial charge < -0.3 is 11.1 Å². The summed E-state index contributed by atoms with van der Waals surface area (Å²) in [6, 6.07) is 1.32. The lowest BCUT2D eigenvalue weighted by atomic mass is 9.85. The van der Waals surface area contributed by atoms with Crippen LogP contribution in [0.4, 0.5) is 0 Å². The van der Waals surface area contributed by atoms with Crippen LogP contribution in [0.2, 0.25) is 0 Å². The van der Waals surface area contributed by atoms with E-state index in [9.17, 15) is 0 Å². The molecule has 2 aliphatic carbocycles. The van der Waals surface area contributed by atoms with Crippen LogP contribution < -0.4 is 11.1 Å². The van der Waals surface area contributed by atoms with Crippen LogP contribution in [0.1, 0.15) is 38.5 Å². The van der Waals surface area contributed by atoms with E-state index in [1.165, 1.54) is 45.1 Å². The van der Waals surface area contributed by atoms with Crippen LogP contribution in [-0.4, -0.2) is 18.6 Å². The Morgan fingerprint density at radius 1 is 1.08 bits per heavy atom. The minimum atomic E-state index is 0. The van der Waals surface area contributed by atoms with Crippen LogP contribution in [0.25, 0.3) is 0 Å². The SMILES string of the molecule is Cl.NC1CCCCC1CNC1CC1. The molecule has 2 nitrogen and oxygen atoms in total. The van der Waals surface area contributed by atoms with E-state index >= 15 is 0 Å². The fraction of sp³-hybridized carbons (Fsp3) is 1.00. The number of hydrogen-bond acceptors (Lipinski definition) is 2. The summed E-state index contributed by atoms with van der Waals surface area (Å²) in [5.74, 6) is 0.763. The molecular formula is C10H21ClN2. The van der Waals surface area contributed by atoms with Gasteiger partial charge >= 0.3 is 0 Å². The van der Waals surface area contributed by atoms with Crippen molar-refractivity contribution in [2.24, 2.45) is 11.7 Å². The predicted molar refractivity (Wildman–Crippen MR) is 58.2 cm³/mol. The fourth-order valence-corrected chi connectivity index (χ4v) is 2.10. The third kappa shape index (κ3) is 3.45. The predicted octanol–water partition coefficient (Wildman–Crippen LogP) is 1.68. The molecule has 2 rings (SSSR count). The van der Waals surface area contributed by atoms with Crippen LogP contribution >= 0.6 is 12.4 Å². The third-order valence-electron chi connectivity index (χ3n) is 3.21. The molecule has 0 saturated heterocycles. The van der Waals surface area contributed by atoms with Gasteiger partial charge in [-0.2, -0.15) is 0 Å². The second-order valence-corrected chi connectivity index (χ2v) is 4.39. The molecule has 13 heavy (non-hydrogen) atoms. The zero-order valence-corrected chi connectivity index (χ0v) is 8.98. The lowest BCUT2D eigenvalue weighted by Crippen LogP contribution is -2.39. The van der Waals surface area contributed by atoms with E-state index in [-0.39, 0.29) is 12.4 Å². The van der Waals surface area contributed by atoms with Crippen molar-refractivity contribution in [2.75, 3.05) is 6.54 Å². The highest BCUT2D eigenvalue weighted by atomic mass is 35.5. The van der Waals surface area contributed by atoms with Crippen LogP contribution in [0.15, 0.2) is 0 Å². The van der Waals surface area contributed by atoms with Crippen molar-refractivity contribution in [2.45, 2.75) is 50.6 Å². The van der Waals surface area contributed by atoms with Gasteiger partial charge in [-0.1, -0.05) is 12.8 Å². The van der Waals surface area contributed by atoms with E-state index in [0.29, 0.717) is 6.04 Å². The average Bonchev–Trinajstić information content (AvgIpc) is 2.86. The average molecular weight is 205 g/mol. The summed E-state index contributed by atoms with van der Waals surface area (Å²) < 4.78 is 0. The van der Waals surface area contributed by atoms with Crippen molar-refractivity contribution < 1.29 is 0 Å². The van der Waals surface area contributed by atoms with Gasteiger partial charge in [-0.15, -0.1) is 12.4 Å². The van der Waals surface area contributed by atoms with Crippen molar-refractivity contribution >= 4 is 12.4 Å². The Morgan fingerprint density at radius 3 is 2.38 bits per heavy atom. The summed E-state index contributed by atoms with van der Waals surface area (Å²) >= 11 is 0. The zero-order chi connectivity index (χ0) is 8.39. The van der Waals surface area contributed by atoms with Gasteiger partial charge in [0.05, 0.1) is 0 Å². The van der Waals surface area contributed by atoms with Crippen LogP contribution in [0.5, 0.6) is 0 Å². The second-order valence-electron chi connectivity index (χ2n) is 4.39. The topological polar surface area (TPSA) is 38.0 Å². The van der Waals surface area contributed by atoms with Crippen molar-refractivity contribution in [1.29, 1.82) is 0 Å². The Kier molecular flexibility index (Phi) is 4.50. The van der Waals surface area contributed by atoms with E-state index in [1.807, 2.05) is 0 Å². The lowest BCUT2D eigenvalue weighted by molar-refractivity contribution is 0.296. The first-order valence-electron chi connectivity index (χ1n) is 5.35. The lowest BCUT2D eigenvalue weighted by Gasteiger charge is -2.28. The monoisotopic (exact) mass is 204 g/mol. The fourth-order valence-electron chi connectivity index (χ4n) is 2.10. The molecule has 3 heteroatoms. The van der Waals surface area contributed by atoms with Crippen molar-refractivity contribution in [3.63, 3.8) is 0 Å². The third-order valence-corrected chi connectivity index (χ3v) is 3.21. The second kappa shape index (κ2) is 5.18. The number of rotatable bonds is 3. The standard InChI is InChI=1S/C10H20N2.ClH/c11-10-4-2-1-3-8(10)7-12-9-5-6-9;/h8-10,12H,1-7,11H2;1H. The number of nitrogens with one attached hydrogen (secondary N) is 1. The maximum absolute atomic E-state index is 6.05. The zero-order valence-electron chi connectivity index (χ0n) is 8.17. The minimum absolute atomic E-state index is 0. The number of nitrogens with two attached hydrogens (primary N) is 1. The molecule has 2 saturated carbocycles. The van der Waals surface area contributed by atoms with E-state index in [2.05, 4.69) is 5.32 Å². The quantitative estimate of drug-likeness (QED) is 0.734. The van der Waals surface area contributed by atoms with Crippen LogP contribution in [0.3, 0.4) is 0 Å². The van der Waals surface area contributed by atoms with Gasteiger partial charge in [0, 0.05) is 12.1 Å². The van der Waals surface area contributed by atoms with Crippen LogP contribution in [-0.2, 0) is 0 Å². The van der Waals surface area contributed by atoms with Gasteiger partial charge in [0.1, 0.15) is 0 Å². The molecule has 2 fully saturated rings. The molecule has 3 N–H and O–H groups in total. The molecule has 2 atom stereocenters. The van der Waals surface area contributed by atoms with E-state index < -0.39 is 0 Å². The molecule has 0 spiro atoms. The van der Waals surface area contributed by atoms with E-state index in [1.54, 1.807) is 0 Å². The smallest absolute Gasteiger partial charge is 0.00792 e. The maximum atomic E-state index is 6.05. The van der Waals surface area contributed by atoms with Gasteiger partial charge in [-0.3, -0.25) is 0 Å². The van der Waals surface area contributed by atoms with Gasteiger partial charge in [0.15, 0.2) is 0 Å². The highest BCUT2D eigenvalue weighted by Gasteiger charge is 2.25. The minimum Gasteiger partial charge on any atom is -0.327 e. The summed E-state index contributed by atoms with van der Waals surface area (Å²) in [4.78, 5) is 0. The van der Waals surface area contributed by atoms with Crippen molar-refractivity contribution in [3.8, 4) is 0 Å². The summed E-state index contributed by atoms with van der Waals surface area (Å²) in [6.45, 7) is 1.17. The summed E-state index contributed by atoms with van der Waals surface area (Å²) in [5.41, 5.74) is 6.05. The Morgan fingerprint density at radius 2 is 1.77 bits per heavy atom. The highest BCUT2D eigenvalue weighted by Crippen LogP contribution is 2.24. The summed E-state index contributed by atoms with van der Waals surface area (Å²) in [5, 5.41) is 3.58. The molecule has 0 heterocycles. The van der Waals surface area contributed by atoms with Gasteiger partial charge in [0.25, 0.3) is 0 Å². The first-order chi connectivity index (χ1) is 5.86. The van der Waals surface area contributed by atoms with Crippen LogP contribution in [0, 0.1) is 5.92 Å². The molecule has 0 bridgehead atoms. The van der Waals surface area contributed by atoms with Gasteiger partial charge in [-0.05, 0) is 38.1 Å². The summed E-state index contributed by atoms with van der Waals surface area (Å²) in [7, 11) is 0. The molecule has 0 aromatic rings. The Hall–Kier alpha value is 0.210. The Bertz CT molecular complexity index is 148. The van der Waals surface area contributed by atoms with Crippen molar-refractivity contribution in [1.82, 2.24) is 5.32 Å². The molecule has 2 aliphatic rings.